The first-order chi connectivity index (χ1) is 11.5. The van der Waals surface area contributed by atoms with Crippen LogP contribution in [0.1, 0.15) is 29.7 Å². The highest BCUT2D eigenvalue weighted by atomic mass is 16.5. The predicted molar refractivity (Wildman–Crippen MR) is 96.9 cm³/mol. The van der Waals surface area contributed by atoms with Crippen molar-refractivity contribution in [1.82, 2.24) is 5.32 Å². The molecule has 2 atom stereocenters. The zero-order valence-electron chi connectivity index (χ0n) is 14.9. The number of methoxy groups -OCH3 is 2. The molecule has 2 aromatic carbocycles. The lowest BCUT2D eigenvalue weighted by molar-refractivity contribution is 0.170. The van der Waals surface area contributed by atoms with Gasteiger partial charge in [0.25, 0.3) is 0 Å². The van der Waals surface area contributed by atoms with E-state index in [1.54, 1.807) is 14.2 Å². The van der Waals surface area contributed by atoms with Crippen LogP contribution in [0.5, 0.6) is 11.5 Å². The van der Waals surface area contributed by atoms with Crippen LogP contribution in [0.4, 0.5) is 0 Å². The molecule has 0 amide bonds. The zero-order chi connectivity index (χ0) is 17.5. The quantitative estimate of drug-likeness (QED) is 0.780. The molecule has 0 unspecified atom stereocenters. The summed E-state index contributed by atoms with van der Waals surface area (Å²) >= 11 is 0. The molecule has 24 heavy (non-hydrogen) atoms. The fourth-order valence-electron chi connectivity index (χ4n) is 2.65. The molecule has 0 saturated heterocycles. The molecular formula is C20H27NO3. The highest BCUT2D eigenvalue weighted by molar-refractivity contribution is 5.43. The summed E-state index contributed by atoms with van der Waals surface area (Å²) in [4.78, 5) is 0. The Morgan fingerprint density at radius 3 is 2.29 bits per heavy atom. The highest BCUT2D eigenvalue weighted by Crippen LogP contribution is 2.28. The topological polar surface area (TPSA) is 50.7 Å². The molecule has 0 fully saturated rings. The van der Waals surface area contributed by atoms with Gasteiger partial charge < -0.3 is 19.9 Å². The molecule has 0 radical (unpaired) electrons. The Hall–Kier alpha value is -2.04. The van der Waals surface area contributed by atoms with E-state index in [4.69, 9.17) is 9.47 Å². The lowest BCUT2D eigenvalue weighted by Crippen LogP contribution is -2.32. The Bertz CT molecular complexity index is 640. The SMILES string of the molecule is COc1ccc(C[C@@H](C)NC[C@H](O)c2ccc(C)cc2)cc1OC. The van der Waals surface area contributed by atoms with Crippen LogP contribution in [-0.2, 0) is 6.42 Å². The summed E-state index contributed by atoms with van der Waals surface area (Å²) in [5, 5.41) is 13.7. The van der Waals surface area contributed by atoms with Crippen molar-refractivity contribution in [3.05, 3.63) is 59.2 Å². The van der Waals surface area contributed by atoms with Crippen LogP contribution >= 0.6 is 0 Å². The van der Waals surface area contributed by atoms with Crippen molar-refractivity contribution in [2.75, 3.05) is 20.8 Å². The van der Waals surface area contributed by atoms with Gasteiger partial charge >= 0.3 is 0 Å². The molecule has 0 aliphatic rings. The maximum Gasteiger partial charge on any atom is 0.160 e. The van der Waals surface area contributed by atoms with Crippen molar-refractivity contribution in [1.29, 1.82) is 0 Å². The van der Waals surface area contributed by atoms with Gasteiger partial charge in [0.15, 0.2) is 11.5 Å². The van der Waals surface area contributed by atoms with Crippen molar-refractivity contribution in [3.8, 4) is 11.5 Å². The summed E-state index contributed by atoms with van der Waals surface area (Å²) in [6, 6.07) is 14.2. The number of aliphatic hydroxyl groups is 1. The summed E-state index contributed by atoms with van der Waals surface area (Å²) in [5.41, 5.74) is 3.30. The fourth-order valence-corrected chi connectivity index (χ4v) is 2.65. The van der Waals surface area contributed by atoms with Crippen LogP contribution in [0.15, 0.2) is 42.5 Å². The number of hydrogen-bond donors (Lipinski definition) is 2. The third-order valence-electron chi connectivity index (χ3n) is 4.11. The minimum absolute atomic E-state index is 0.239. The van der Waals surface area contributed by atoms with Gasteiger partial charge in [-0.2, -0.15) is 0 Å². The van der Waals surface area contributed by atoms with Crippen LogP contribution in [-0.4, -0.2) is 31.9 Å². The van der Waals surface area contributed by atoms with Gasteiger partial charge in [-0.05, 0) is 43.5 Å². The molecular weight excluding hydrogens is 302 g/mol. The van der Waals surface area contributed by atoms with E-state index in [0.29, 0.717) is 6.54 Å². The third kappa shape index (κ3) is 4.98. The number of benzene rings is 2. The first-order valence-electron chi connectivity index (χ1n) is 8.22. The summed E-state index contributed by atoms with van der Waals surface area (Å²) in [7, 11) is 3.27. The lowest BCUT2D eigenvalue weighted by Gasteiger charge is -2.18. The van der Waals surface area contributed by atoms with Crippen molar-refractivity contribution >= 4 is 0 Å². The van der Waals surface area contributed by atoms with E-state index in [2.05, 4.69) is 12.2 Å². The molecule has 0 heterocycles. The normalized spacial score (nSPS) is 13.4. The molecule has 0 bridgehead atoms. The maximum absolute atomic E-state index is 10.3. The molecule has 0 spiro atoms. The summed E-state index contributed by atoms with van der Waals surface area (Å²) in [6.07, 6.45) is 0.347. The molecule has 0 saturated carbocycles. The van der Waals surface area contributed by atoms with E-state index in [1.807, 2.05) is 49.4 Å². The third-order valence-corrected chi connectivity index (χ3v) is 4.11. The van der Waals surface area contributed by atoms with Gasteiger partial charge in [-0.25, -0.2) is 0 Å². The first-order valence-corrected chi connectivity index (χ1v) is 8.22. The van der Waals surface area contributed by atoms with E-state index >= 15 is 0 Å². The lowest BCUT2D eigenvalue weighted by atomic mass is 10.0. The Labute approximate surface area is 144 Å². The molecule has 2 N–H and O–H groups in total. The monoisotopic (exact) mass is 329 g/mol. The van der Waals surface area contributed by atoms with Crippen molar-refractivity contribution < 1.29 is 14.6 Å². The van der Waals surface area contributed by atoms with Gasteiger partial charge in [-0.15, -0.1) is 0 Å². The van der Waals surface area contributed by atoms with Crippen molar-refractivity contribution in [2.24, 2.45) is 0 Å². The number of aryl methyl sites for hydroxylation is 1. The number of rotatable bonds is 8. The number of aliphatic hydroxyl groups excluding tert-OH is 1. The zero-order valence-corrected chi connectivity index (χ0v) is 14.9. The predicted octanol–water partition coefficient (Wildman–Crippen LogP) is 3.27. The average Bonchev–Trinajstić information content (AvgIpc) is 2.60. The van der Waals surface area contributed by atoms with Crippen molar-refractivity contribution in [2.45, 2.75) is 32.4 Å². The van der Waals surface area contributed by atoms with Gasteiger partial charge in [-0.1, -0.05) is 35.9 Å². The number of hydrogen-bond acceptors (Lipinski definition) is 4. The Morgan fingerprint density at radius 2 is 1.67 bits per heavy atom. The molecule has 0 aliphatic heterocycles. The second-order valence-electron chi connectivity index (χ2n) is 6.13. The van der Waals surface area contributed by atoms with E-state index < -0.39 is 6.10 Å². The van der Waals surface area contributed by atoms with Crippen molar-refractivity contribution in [3.63, 3.8) is 0 Å². The molecule has 4 heteroatoms. The van der Waals surface area contributed by atoms with Crippen LogP contribution in [0, 0.1) is 6.92 Å². The second-order valence-corrected chi connectivity index (χ2v) is 6.13. The van der Waals surface area contributed by atoms with Gasteiger partial charge in [0.05, 0.1) is 20.3 Å². The van der Waals surface area contributed by atoms with Crippen LogP contribution < -0.4 is 14.8 Å². The minimum Gasteiger partial charge on any atom is -0.493 e. The molecule has 130 valence electrons. The number of ether oxygens (including phenoxy) is 2. The Morgan fingerprint density at radius 1 is 1.00 bits per heavy atom. The molecule has 4 nitrogen and oxygen atoms in total. The van der Waals surface area contributed by atoms with Gasteiger partial charge in [0.1, 0.15) is 0 Å². The largest absolute Gasteiger partial charge is 0.493 e. The van der Waals surface area contributed by atoms with Crippen LogP contribution in [0.2, 0.25) is 0 Å². The van der Waals surface area contributed by atoms with E-state index in [0.717, 1.165) is 29.0 Å². The van der Waals surface area contributed by atoms with Gasteiger partial charge in [0.2, 0.25) is 0 Å². The highest BCUT2D eigenvalue weighted by Gasteiger charge is 2.11. The Balaban J connectivity index is 1.88. The van der Waals surface area contributed by atoms with E-state index in [9.17, 15) is 5.11 Å². The molecule has 0 aromatic heterocycles. The summed E-state index contributed by atoms with van der Waals surface area (Å²) in [5.74, 6) is 1.47. The molecule has 0 aliphatic carbocycles. The van der Waals surface area contributed by atoms with E-state index in [1.165, 1.54) is 5.56 Å². The van der Waals surface area contributed by atoms with Crippen LogP contribution in [0.3, 0.4) is 0 Å². The maximum atomic E-state index is 10.3. The summed E-state index contributed by atoms with van der Waals surface area (Å²) in [6.45, 7) is 4.68. The fraction of sp³-hybridized carbons (Fsp3) is 0.400. The standard InChI is InChI=1S/C20H27NO3/c1-14-5-8-17(9-6-14)18(22)13-21-15(2)11-16-7-10-19(23-3)20(12-16)24-4/h5-10,12,15,18,21-22H,11,13H2,1-4H3/t15-,18+/m1/s1. The number of nitrogens with one attached hydrogen (secondary N) is 1. The second kappa shape index (κ2) is 8.71. The Kier molecular flexibility index (Phi) is 6.64. The summed E-state index contributed by atoms with van der Waals surface area (Å²) < 4.78 is 10.6. The minimum atomic E-state index is -0.501. The first kappa shape index (κ1) is 18.3. The van der Waals surface area contributed by atoms with Crippen LogP contribution in [0.25, 0.3) is 0 Å². The van der Waals surface area contributed by atoms with Gasteiger partial charge in [-0.3, -0.25) is 0 Å². The average molecular weight is 329 g/mol. The molecule has 2 aromatic rings. The molecule has 2 rings (SSSR count). The van der Waals surface area contributed by atoms with E-state index in [-0.39, 0.29) is 6.04 Å². The van der Waals surface area contributed by atoms with Gasteiger partial charge in [0, 0.05) is 12.6 Å². The smallest absolute Gasteiger partial charge is 0.160 e.